The van der Waals surface area contributed by atoms with Crippen molar-refractivity contribution in [1.29, 1.82) is 0 Å². The SMILES string of the molecule is COC(=O)CC(=O)CC(N)(c1ccsc1)c1ccccc1F. The van der Waals surface area contributed by atoms with Gasteiger partial charge in [-0.2, -0.15) is 11.3 Å². The lowest BCUT2D eigenvalue weighted by Crippen LogP contribution is -2.41. The van der Waals surface area contributed by atoms with Crippen LogP contribution in [0.4, 0.5) is 4.39 Å². The van der Waals surface area contributed by atoms with E-state index >= 15 is 0 Å². The Morgan fingerprint density at radius 3 is 2.64 bits per heavy atom. The third-order valence-corrected chi connectivity index (χ3v) is 4.12. The summed E-state index contributed by atoms with van der Waals surface area (Å²) in [4.78, 5) is 23.4. The first-order valence-electron chi connectivity index (χ1n) is 6.62. The lowest BCUT2D eigenvalue weighted by Gasteiger charge is -2.29. The molecule has 6 heteroatoms. The molecule has 0 spiro atoms. The molecule has 0 fully saturated rings. The lowest BCUT2D eigenvalue weighted by molar-refractivity contribution is -0.143. The lowest BCUT2D eigenvalue weighted by atomic mass is 9.80. The van der Waals surface area contributed by atoms with Gasteiger partial charge in [0.15, 0.2) is 0 Å². The van der Waals surface area contributed by atoms with E-state index < -0.39 is 23.1 Å². The highest BCUT2D eigenvalue weighted by Crippen LogP contribution is 2.34. The summed E-state index contributed by atoms with van der Waals surface area (Å²) in [5.74, 6) is -1.52. The van der Waals surface area contributed by atoms with Gasteiger partial charge in [0.1, 0.15) is 18.0 Å². The molecule has 0 amide bonds. The molecule has 22 heavy (non-hydrogen) atoms. The van der Waals surface area contributed by atoms with Gasteiger partial charge in [-0.25, -0.2) is 4.39 Å². The molecule has 0 bridgehead atoms. The van der Waals surface area contributed by atoms with Gasteiger partial charge in [0, 0.05) is 12.0 Å². The molecule has 0 radical (unpaired) electrons. The van der Waals surface area contributed by atoms with Crippen LogP contribution in [0.15, 0.2) is 41.1 Å². The van der Waals surface area contributed by atoms with Crippen molar-refractivity contribution in [3.8, 4) is 0 Å². The van der Waals surface area contributed by atoms with Crippen LogP contribution in [0.25, 0.3) is 0 Å². The second kappa shape index (κ2) is 6.81. The standard InChI is InChI=1S/C16H16FNO3S/c1-21-15(20)8-12(19)9-16(18,11-6-7-22-10-11)13-4-2-3-5-14(13)17/h2-7,10H,8-9,18H2,1H3. The van der Waals surface area contributed by atoms with Crippen LogP contribution >= 0.6 is 11.3 Å². The Hall–Kier alpha value is -2.05. The Morgan fingerprint density at radius 1 is 1.32 bits per heavy atom. The maximum atomic E-state index is 14.2. The van der Waals surface area contributed by atoms with E-state index in [2.05, 4.69) is 4.74 Å². The number of esters is 1. The van der Waals surface area contributed by atoms with Crippen molar-refractivity contribution in [1.82, 2.24) is 0 Å². The summed E-state index contributed by atoms with van der Waals surface area (Å²) in [5.41, 5.74) is 5.96. The van der Waals surface area contributed by atoms with E-state index in [4.69, 9.17) is 5.73 Å². The van der Waals surface area contributed by atoms with Gasteiger partial charge >= 0.3 is 5.97 Å². The molecule has 1 atom stereocenters. The van der Waals surface area contributed by atoms with Gasteiger partial charge in [-0.15, -0.1) is 0 Å². The van der Waals surface area contributed by atoms with Crippen LogP contribution < -0.4 is 5.73 Å². The zero-order valence-corrected chi connectivity index (χ0v) is 12.9. The Labute approximate surface area is 131 Å². The number of hydrogen-bond acceptors (Lipinski definition) is 5. The monoisotopic (exact) mass is 321 g/mol. The van der Waals surface area contributed by atoms with Gasteiger partial charge in [0.25, 0.3) is 0 Å². The number of rotatable bonds is 6. The van der Waals surface area contributed by atoms with E-state index in [9.17, 15) is 14.0 Å². The summed E-state index contributed by atoms with van der Waals surface area (Å²) >= 11 is 1.41. The van der Waals surface area contributed by atoms with Crippen molar-refractivity contribution in [2.75, 3.05) is 7.11 Å². The number of carbonyl (C=O) groups is 2. The first-order valence-corrected chi connectivity index (χ1v) is 7.56. The normalized spacial score (nSPS) is 13.4. The predicted molar refractivity (Wildman–Crippen MR) is 81.9 cm³/mol. The number of methoxy groups -OCH3 is 1. The number of ether oxygens (including phenoxy) is 1. The van der Waals surface area contributed by atoms with Crippen molar-refractivity contribution >= 4 is 23.1 Å². The zero-order valence-electron chi connectivity index (χ0n) is 12.0. The first-order chi connectivity index (χ1) is 10.5. The fraction of sp³-hybridized carbons (Fsp3) is 0.250. The fourth-order valence-corrected chi connectivity index (χ4v) is 3.04. The highest BCUT2D eigenvalue weighted by atomic mass is 32.1. The van der Waals surface area contributed by atoms with E-state index in [0.717, 1.165) is 0 Å². The molecule has 2 rings (SSSR count). The molecule has 1 aromatic carbocycles. The molecule has 0 saturated heterocycles. The van der Waals surface area contributed by atoms with Gasteiger partial charge in [-0.05, 0) is 28.5 Å². The number of hydrogen-bond donors (Lipinski definition) is 1. The molecule has 0 aliphatic heterocycles. The molecule has 1 heterocycles. The van der Waals surface area contributed by atoms with Crippen molar-refractivity contribution in [2.45, 2.75) is 18.4 Å². The van der Waals surface area contributed by atoms with Gasteiger partial charge in [-0.1, -0.05) is 18.2 Å². The number of ketones is 1. The summed E-state index contributed by atoms with van der Waals surface area (Å²) in [5, 5.41) is 3.58. The highest BCUT2D eigenvalue weighted by molar-refractivity contribution is 7.08. The molecule has 0 saturated carbocycles. The number of carbonyl (C=O) groups excluding carboxylic acids is 2. The van der Waals surface area contributed by atoms with Crippen molar-refractivity contribution in [3.05, 3.63) is 58.0 Å². The average molecular weight is 321 g/mol. The molecule has 2 aromatic rings. The molecule has 116 valence electrons. The Balaban J connectivity index is 2.38. The van der Waals surface area contributed by atoms with Crippen LogP contribution in [0, 0.1) is 5.82 Å². The molecular weight excluding hydrogens is 305 g/mol. The van der Waals surface area contributed by atoms with Crippen LogP contribution in [0.5, 0.6) is 0 Å². The van der Waals surface area contributed by atoms with Crippen LogP contribution in [-0.4, -0.2) is 18.9 Å². The van der Waals surface area contributed by atoms with Crippen molar-refractivity contribution in [3.63, 3.8) is 0 Å². The fourth-order valence-electron chi connectivity index (χ4n) is 2.30. The number of benzene rings is 1. The predicted octanol–water partition coefficient (Wildman–Crippen LogP) is 2.61. The minimum absolute atomic E-state index is 0.181. The van der Waals surface area contributed by atoms with E-state index in [1.54, 1.807) is 29.6 Å². The average Bonchev–Trinajstić information content (AvgIpc) is 3.02. The minimum Gasteiger partial charge on any atom is -0.469 e. The molecule has 4 nitrogen and oxygen atoms in total. The zero-order chi connectivity index (χ0) is 16.2. The molecule has 2 N–H and O–H groups in total. The van der Waals surface area contributed by atoms with Crippen LogP contribution in [-0.2, 0) is 19.9 Å². The van der Waals surface area contributed by atoms with Crippen molar-refractivity contribution in [2.24, 2.45) is 5.73 Å². The smallest absolute Gasteiger partial charge is 0.313 e. The third kappa shape index (κ3) is 3.40. The van der Waals surface area contributed by atoms with E-state index in [-0.39, 0.29) is 18.4 Å². The first kappa shape index (κ1) is 16.3. The van der Waals surface area contributed by atoms with E-state index in [1.807, 2.05) is 5.38 Å². The van der Waals surface area contributed by atoms with Gasteiger partial charge in [-0.3, -0.25) is 9.59 Å². The van der Waals surface area contributed by atoms with E-state index in [1.165, 1.54) is 24.5 Å². The van der Waals surface area contributed by atoms with E-state index in [0.29, 0.717) is 5.56 Å². The quantitative estimate of drug-likeness (QED) is 0.656. The summed E-state index contributed by atoms with van der Waals surface area (Å²) < 4.78 is 18.7. The minimum atomic E-state index is -1.31. The third-order valence-electron chi connectivity index (χ3n) is 3.44. The number of thiophene rings is 1. The second-order valence-electron chi connectivity index (χ2n) is 4.93. The molecule has 0 aliphatic carbocycles. The number of halogens is 1. The van der Waals surface area contributed by atoms with Crippen LogP contribution in [0.2, 0.25) is 0 Å². The topological polar surface area (TPSA) is 69.4 Å². The van der Waals surface area contributed by atoms with Crippen LogP contribution in [0.3, 0.4) is 0 Å². The summed E-state index contributed by atoms with van der Waals surface area (Å²) in [6.07, 6.45) is -0.562. The summed E-state index contributed by atoms with van der Waals surface area (Å²) in [7, 11) is 1.21. The Morgan fingerprint density at radius 2 is 2.05 bits per heavy atom. The van der Waals surface area contributed by atoms with Gasteiger partial charge in [0.05, 0.1) is 12.6 Å². The Bertz CT molecular complexity index is 672. The maximum Gasteiger partial charge on any atom is 0.313 e. The number of nitrogens with two attached hydrogens (primary N) is 1. The highest BCUT2D eigenvalue weighted by Gasteiger charge is 2.35. The molecule has 0 aliphatic rings. The maximum absolute atomic E-state index is 14.2. The summed E-state index contributed by atoms with van der Waals surface area (Å²) in [6.45, 7) is 0. The van der Waals surface area contributed by atoms with Gasteiger partial charge in [0.2, 0.25) is 0 Å². The number of Topliss-reactive ketones (excluding diaryl/α,β-unsaturated/α-hetero) is 1. The van der Waals surface area contributed by atoms with Crippen molar-refractivity contribution < 1.29 is 18.7 Å². The Kier molecular flexibility index (Phi) is 5.05. The molecule has 1 unspecified atom stereocenters. The summed E-state index contributed by atoms with van der Waals surface area (Å²) in [6, 6.07) is 7.83. The second-order valence-corrected chi connectivity index (χ2v) is 5.71. The largest absolute Gasteiger partial charge is 0.469 e. The molecular formula is C16H16FNO3S. The molecule has 1 aromatic heterocycles. The van der Waals surface area contributed by atoms with Gasteiger partial charge < -0.3 is 10.5 Å². The van der Waals surface area contributed by atoms with Crippen LogP contribution in [0.1, 0.15) is 24.0 Å².